The molecule has 1 aliphatic heterocycles. The molecule has 124 valence electrons. The zero-order valence-electron chi connectivity index (χ0n) is 13.4. The van der Waals surface area contributed by atoms with Gasteiger partial charge in [-0.3, -0.25) is 0 Å². The Kier molecular flexibility index (Phi) is 3.92. The summed E-state index contributed by atoms with van der Waals surface area (Å²) in [6.07, 6.45) is 0. The topological polar surface area (TPSA) is 104 Å². The highest BCUT2D eigenvalue weighted by atomic mass is 79.9. The second-order valence-electron chi connectivity index (χ2n) is 5.74. The molecule has 6 nitrogen and oxygen atoms in total. The summed E-state index contributed by atoms with van der Waals surface area (Å²) in [6, 6.07) is 12.0. The lowest BCUT2D eigenvalue weighted by Crippen LogP contribution is -2.43. The van der Waals surface area contributed by atoms with Crippen LogP contribution in [0.1, 0.15) is 25.3 Å². The largest absolute Gasteiger partial charge is 0.386 e. The van der Waals surface area contributed by atoms with Gasteiger partial charge in [-0.15, -0.1) is 0 Å². The van der Waals surface area contributed by atoms with Crippen LogP contribution in [0.5, 0.6) is 0 Å². The number of hydrogen-bond acceptors (Lipinski definition) is 6. The van der Waals surface area contributed by atoms with Crippen LogP contribution in [0.25, 0.3) is 0 Å². The third kappa shape index (κ3) is 1.67. The first kappa shape index (κ1) is 16.9. The molecule has 24 heavy (non-hydrogen) atoms. The molecule has 0 bridgehead atoms. The van der Waals surface area contributed by atoms with Gasteiger partial charge in [-0.1, -0.05) is 34.1 Å². The van der Waals surface area contributed by atoms with Crippen LogP contribution in [0.4, 0.5) is 0 Å². The number of hydrogen-bond donors (Lipinski definition) is 1. The number of benzene rings is 1. The van der Waals surface area contributed by atoms with Crippen molar-refractivity contribution in [2.24, 2.45) is 21.6 Å². The van der Waals surface area contributed by atoms with Crippen molar-refractivity contribution < 1.29 is 9.47 Å². The lowest BCUT2D eigenvalue weighted by Gasteiger charge is -2.31. The van der Waals surface area contributed by atoms with Crippen LogP contribution in [0, 0.1) is 33.5 Å². The minimum Gasteiger partial charge on any atom is -0.386 e. The second-order valence-corrected chi connectivity index (χ2v) is 6.59. The molecule has 0 radical (unpaired) electrons. The molecular formula is C17H17BrN4O2. The van der Waals surface area contributed by atoms with Crippen molar-refractivity contribution in [1.82, 2.24) is 0 Å². The van der Waals surface area contributed by atoms with Crippen molar-refractivity contribution in [1.29, 1.82) is 10.5 Å². The zero-order chi connectivity index (χ0) is 17.6. The van der Waals surface area contributed by atoms with Gasteiger partial charge in [-0.25, -0.2) is 4.99 Å². The van der Waals surface area contributed by atoms with E-state index in [9.17, 15) is 10.5 Å². The summed E-state index contributed by atoms with van der Waals surface area (Å²) in [5.41, 5.74) is 4.40. The number of halogens is 1. The van der Waals surface area contributed by atoms with Gasteiger partial charge in [-0.05, 0) is 25.5 Å². The maximum atomic E-state index is 10.1. The fourth-order valence-electron chi connectivity index (χ4n) is 3.93. The number of fused-ring (bicyclic) bond motifs is 1. The molecule has 7 heteroatoms. The van der Waals surface area contributed by atoms with Gasteiger partial charge in [0.15, 0.2) is 5.41 Å². The normalized spacial score (nSPS) is 32.4. The average Bonchev–Trinajstić information content (AvgIpc) is 3.14. The maximum Gasteiger partial charge on any atom is 0.293 e. The van der Waals surface area contributed by atoms with Crippen molar-refractivity contribution in [3.63, 3.8) is 0 Å². The standard InChI is InChI=1S/C17H17BrN4O2/c1-3-23-17(24-4-2)16(10-20)13(11-7-5-6-8-12(11)18)15(16,9-19)14(21)22-17/h5-8,13H,3-4H2,1-2H3,(H2,21,22)/t13-,15-,16+/m0/s1. The van der Waals surface area contributed by atoms with Crippen molar-refractivity contribution in [3.8, 4) is 12.1 Å². The van der Waals surface area contributed by atoms with E-state index in [2.05, 4.69) is 33.1 Å². The summed E-state index contributed by atoms with van der Waals surface area (Å²) < 4.78 is 12.4. The fraction of sp³-hybridized carbons (Fsp3) is 0.471. The highest BCUT2D eigenvalue weighted by molar-refractivity contribution is 9.10. The molecule has 1 aromatic rings. The minimum absolute atomic E-state index is 0.0919. The molecule has 3 rings (SSSR count). The molecule has 2 N–H and O–H groups in total. The minimum atomic E-state index is -1.56. The van der Waals surface area contributed by atoms with Gasteiger partial charge in [0.1, 0.15) is 11.3 Å². The van der Waals surface area contributed by atoms with E-state index >= 15 is 0 Å². The van der Waals surface area contributed by atoms with E-state index in [-0.39, 0.29) is 19.0 Å². The number of nitrogens with zero attached hydrogens (tertiary/aromatic N) is 3. The summed E-state index contributed by atoms with van der Waals surface area (Å²) in [5, 5.41) is 20.0. The van der Waals surface area contributed by atoms with Crippen LogP contribution in [0.15, 0.2) is 33.7 Å². The summed E-state index contributed by atoms with van der Waals surface area (Å²) in [6.45, 7) is 4.15. The average molecular weight is 389 g/mol. The van der Waals surface area contributed by atoms with Crippen molar-refractivity contribution in [2.75, 3.05) is 13.2 Å². The van der Waals surface area contributed by atoms with E-state index in [0.29, 0.717) is 0 Å². The van der Waals surface area contributed by atoms with E-state index < -0.39 is 22.7 Å². The molecule has 1 fully saturated rings. The number of aliphatic imine (C=N–C) groups is 1. The first-order chi connectivity index (χ1) is 11.5. The number of nitriles is 2. The number of rotatable bonds is 5. The zero-order valence-corrected chi connectivity index (χ0v) is 15.0. The van der Waals surface area contributed by atoms with Crippen LogP contribution < -0.4 is 5.73 Å². The Hall–Kier alpha value is -1.93. The molecule has 0 amide bonds. The predicted octanol–water partition coefficient (Wildman–Crippen LogP) is 2.66. The van der Waals surface area contributed by atoms with Crippen molar-refractivity contribution in [3.05, 3.63) is 34.3 Å². The van der Waals surface area contributed by atoms with E-state index in [4.69, 9.17) is 15.2 Å². The molecule has 1 saturated carbocycles. The van der Waals surface area contributed by atoms with Gasteiger partial charge in [0.2, 0.25) is 0 Å². The van der Waals surface area contributed by atoms with Crippen LogP contribution in [0.3, 0.4) is 0 Å². The molecule has 0 aromatic heterocycles. The molecule has 1 aromatic carbocycles. The lowest BCUT2D eigenvalue weighted by molar-refractivity contribution is -0.255. The maximum absolute atomic E-state index is 10.1. The number of ether oxygens (including phenoxy) is 2. The van der Waals surface area contributed by atoms with E-state index in [1.54, 1.807) is 13.8 Å². The molecule has 1 aliphatic carbocycles. The van der Waals surface area contributed by atoms with E-state index in [1.165, 1.54) is 0 Å². The van der Waals surface area contributed by atoms with Gasteiger partial charge in [0, 0.05) is 23.6 Å². The Labute approximate surface area is 149 Å². The van der Waals surface area contributed by atoms with Crippen LogP contribution in [-0.2, 0) is 9.47 Å². The summed E-state index contributed by atoms with van der Waals surface area (Å²) in [5.74, 6) is -1.95. The highest BCUT2D eigenvalue weighted by Crippen LogP contribution is 2.82. The Balaban J connectivity index is 2.25. The van der Waals surface area contributed by atoms with Crippen molar-refractivity contribution >= 4 is 21.8 Å². The van der Waals surface area contributed by atoms with Crippen LogP contribution >= 0.6 is 15.9 Å². The van der Waals surface area contributed by atoms with Gasteiger partial charge in [0.05, 0.1) is 12.1 Å². The molecular weight excluding hydrogens is 372 g/mol. The summed E-state index contributed by atoms with van der Waals surface area (Å²) in [7, 11) is 0. The monoisotopic (exact) mass is 388 g/mol. The molecule has 0 saturated heterocycles. The Morgan fingerprint density at radius 3 is 2.33 bits per heavy atom. The van der Waals surface area contributed by atoms with Crippen LogP contribution in [-0.4, -0.2) is 25.0 Å². The molecule has 3 atom stereocenters. The van der Waals surface area contributed by atoms with Gasteiger partial charge >= 0.3 is 0 Å². The SMILES string of the molecule is CCOC1(OCC)N=C(N)[C@]2(C#N)[C@H](c3ccccc3Br)[C@@]12C#N. The molecule has 0 unspecified atom stereocenters. The van der Waals surface area contributed by atoms with Gasteiger partial charge < -0.3 is 15.2 Å². The molecule has 0 spiro atoms. The smallest absolute Gasteiger partial charge is 0.293 e. The predicted molar refractivity (Wildman–Crippen MR) is 90.6 cm³/mol. The second kappa shape index (κ2) is 5.56. The number of amidine groups is 1. The van der Waals surface area contributed by atoms with Crippen molar-refractivity contribution in [2.45, 2.75) is 25.7 Å². The Morgan fingerprint density at radius 1 is 1.21 bits per heavy atom. The van der Waals surface area contributed by atoms with E-state index in [0.717, 1.165) is 10.0 Å². The molecule has 1 heterocycles. The van der Waals surface area contributed by atoms with Gasteiger partial charge in [0.25, 0.3) is 5.91 Å². The fourth-order valence-corrected chi connectivity index (χ4v) is 4.44. The van der Waals surface area contributed by atoms with Crippen LogP contribution in [0.2, 0.25) is 0 Å². The molecule has 2 aliphatic rings. The van der Waals surface area contributed by atoms with Gasteiger partial charge in [-0.2, -0.15) is 10.5 Å². The highest BCUT2D eigenvalue weighted by Gasteiger charge is 2.93. The first-order valence-electron chi connectivity index (χ1n) is 7.72. The lowest BCUT2D eigenvalue weighted by atomic mass is 9.93. The number of nitrogens with two attached hydrogens (primary N) is 1. The van der Waals surface area contributed by atoms with E-state index in [1.807, 2.05) is 24.3 Å². The third-order valence-corrected chi connectivity index (χ3v) is 5.55. The Bertz CT molecular complexity index is 791. The Morgan fingerprint density at radius 2 is 1.83 bits per heavy atom. The quantitative estimate of drug-likeness (QED) is 0.780. The summed E-state index contributed by atoms with van der Waals surface area (Å²) in [4.78, 5) is 4.31. The summed E-state index contributed by atoms with van der Waals surface area (Å²) >= 11 is 3.51. The third-order valence-electron chi connectivity index (χ3n) is 4.82. The first-order valence-corrected chi connectivity index (χ1v) is 8.51.